The number of anilines is 1. The first-order valence-electron chi connectivity index (χ1n) is 9.68. The first kappa shape index (κ1) is 21.1. The van der Waals surface area contributed by atoms with Gasteiger partial charge in [-0.05, 0) is 30.7 Å². The Balaban J connectivity index is 1.75. The number of nitrogen functional groups attached to an aromatic ring is 1. The summed E-state index contributed by atoms with van der Waals surface area (Å²) in [5.41, 5.74) is 8.38. The number of nitrogens with zero attached hydrogens (tertiary/aromatic N) is 3. The number of hydrogen-bond acceptors (Lipinski definition) is 5. The van der Waals surface area contributed by atoms with Crippen LogP contribution in [0.4, 0.5) is 5.69 Å². The van der Waals surface area contributed by atoms with Gasteiger partial charge in [0.25, 0.3) is 5.91 Å². The molecule has 154 valence electrons. The molecular weight excluding hydrogens is 390 g/mol. The third-order valence-electron chi connectivity index (χ3n) is 4.99. The molecule has 29 heavy (non-hydrogen) atoms. The maximum atomic E-state index is 13.1. The largest absolute Gasteiger partial charge is 0.397 e. The molecule has 8 heteroatoms. The number of carbonyl (C=O) groups is 2. The lowest BCUT2D eigenvalue weighted by molar-refractivity contribution is -0.132. The van der Waals surface area contributed by atoms with Crippen molar-refractivity contribution >= 4 is 29.1 Å². The van der Waals surface area contributed by atoms with Crippen LogP contribution in [0, 0.1) is 6.92 Å². The number of pyridine rings is 1. The van der Waals surface area contributed by atoms with Gasteiger partial charge in [0.15, 0.2) is 0 Å². The average Bonchev–Trinajstić information content (AvgIpc) is 2.73. The van der Waals surface area contributed by atoms with Crippen LogP contribution in [0.3, 0.4) is 0 Å². The maximum Gasteiger partial charge on any atom is 0.255 e. The van der Waals surface area contributed by atoms with Gasteiger partial charge >= 0.3 is 0 Å². The molecule has 2 heterocycles. The molecule has 0 unspecified atom stereocenters. The molecule has 3 rings (SSSR count). The number of nitrogens with two attached hydrogens (primary N) is 1. The highest BCUT2D eigenvalue weighted by atomic mass is 35.5. The highest BCUT2D eigenvalue weighted by Gasteiger charge is 2.21. The van der Waals surface area contributed by atoms with Gasteiger partial charge in [0, 0.05) is 56.9 Å². The molecule has 2 amide bonds. The van der Waals surface area contributed by atoms with Crippen LogP contribution >= 0.6 is 11.6 Å². The zero-order valence-corrected chi connectivity index (χ0v) is 17.3. The van der Waals surface area contributed by atoms with Crippen molar-refractivity contribution in [1.82, 2.24) is 20.1 Å². The van der Waals surface area contributed by atoms with Gasteiger partial charge in [-0.2, -0.15) is 0 Å². The quantitative estimate of drug-likeness (QED) is 0.753. The molecule has 7 nitrogen and oxygen atoms in total. The smallest absolute Gasteiger partial charge is 0.255 e. The van der Waals surface area contributed by atoms with Crippen molar-refractivity contribution < 1.29 is 9.59 Å². The van der Waals surface area contributed by atoms with Gasteiger partial charge in [-0.15, -0.1) is 0 Å². The number of benzene rings is 1. The van der Waals surface area contributed by atoms with E-state index in [1.165, 1.54) is 6.20 Å². The second-order valence-corrected chi connectivity index (χ2v) is 7.57. The fraction of sp³-hybridized carbons (Fsp3) is 0.381. The van der Waals surface area contributed by atoms with E-state index in [4.69, 9.17) is 17.3 Å². The molecule has 1 aliphatic heterocycles. The number of aromatic nitrogens is 1. The van der Waals surface area contributed by atoms with E-state index < -0.39 is 0 Å². The Kier molecular flexibility index (Phi) is 7.06. The van der Waals surface area contributed by atoms with Crippen molar-refractivity contribution in [3.63, 3.8) is 0 Å². The normalized spacial score (nSPS) is 13.9. The van der Waals surface area contributed by atoms with E-state index in [9.17, 15) is 9.59 Å². The van der Waals surface area contributed by atoms with Gasteiger partial charge in [0.2, 0.25) is 5.91 Å². The number of piperazine rings is 1. The lowest BCUT2D eigenvalue weighted by atomic mass is 10.1. The Morgan fingerprint density at radius 3 is 2.72 bits per heavy atom. The summed E-state index contributed by atoms with van der Waals surface area (Å²) in [7, 11) is 0. The van der Waals surface area contributed by atoms with E-state index in [0.29, 0.717) is 48.1 Å². The summed E-state index contributed by atoms with van der Waals surface area (Å²) in [4.78, 5) is 33.4. The van der Waals surface area contributed by atoms with E-state index in [2.05, 4.69) is 10.3 Å². The molecule has 0 atom stereocenters. The van der Waals surface area contributed by atoms with Gasteiger partial charge < -0.3 is 20.9 Å². The lowest BCUT2D eigenvalue weighted by Gasteiger charge is -2.29. The minimum absolute atomic E-state index is 0.0527. The van der Waals surface area contributed by atoms with Gasteiger partial charge in [0.1, 0.15) is 0 Å². The van der Waals surface area contributed by atoms with Crippen LogP contribution in [0.5, 0.6) is 0 Å². The highest BCUT2D eigenvalue weighted by molar-refractivity contribution is 6.30. The van der Waals surface area contributed by atoms with Crippen molar-refractivity contribution in [2.24, 2.45) is 0 Å². The number of nitrogens with one attached hydrogen (secondary N) is 1. The predicted molar refractivity (Wildman–Crippen MR) is 114 cm³/mol. The van der Waals surface area contributed by atoms with Gasteiger partial charge in [-0.3, -0.25) is 14.6 Å². The molecule has 2 aromatic rings. The molecule has 1 aliphatic rings. The average molecular weight is 416 g/mol. The standard InChI is InChI=1S/C21H26ClN5O2/c1-15-19(23)12-17(13-25-15)21(29)27(14-16-3-2-4-18(22)11-16)8-5-20(28)26-9-6-24-7-10-26/h2-4,11-13,24H,5-10,14,23H2,1H3. The van der Waals surface area contributed by atoms with Crippen molar-refractivity contribution in [3.8, 4) is 0 Å². The first-order valence-corrected chi connectivity index (χ1v) is 10.1. The Morgan fingerprint density at radius 1 is 1.28 bits per heavy atom. The van der Waals surface area contributed by atoms with E-state index in [1.54, 1.807) is 24.0 Å². The van der Waals surface area contributed by atoms with Gasteiger partial charge in [-0.25, -0.2) is 0 Å². The van der Waals surface area contributed by atoms with Crippen LogP contribution in [0.15, 0.2) is 36.5 Å². The van der Waals surface area contributed by atoms with E-state index >= 15 is 0 Å². The second kappa shape index (κ2) is 9.71. The van der Waals surface area contributed by atoms with Crippen LogP contribution < -0.4 is 11.1 Å². The van der Waals surface area contributed by atoms with E-state index in [0.717, 1.165) is 18.7 Å². The zero-order chi connectivity index (χ0) is 20.8. The number of aryl methyl sites for hydroxylation is 1. The minimum atomic E-state index is -0.211. The topological polar surface area (TPSA) is 91.6 Å². The lowest BCUT2D eigenvalue weighted by Crippen LogP contribution is -2.47. The molecule has 1 saturated heterocycles. The van der Waals surface area contributed by atoms with Gasteiger partial charge in [-0.1, -0.05) is 23.7 Å². The summed E-state index contributed by atoms with van der Waals surface area (Å²) in [6, 6.07) is 8.99. The fourth-order valence-electron chi connectivity index (χ4n) is 3.26. The highest BCUT2D eigenvalue weighted by Crippen LogP contribution is 2.17. The molecule has 1 aromatic heterocycles. The van der Waals surface area contributed by atoms with Crippen LogP contribution in [-0.4, -0.2) is 59.3 Å². The minimum Gasteiger partial charge on any atom is -0.397 e. The van der Waals surface area contributed by atoms with E-state index in [1.807, 2.05) is 23.1 Å². The second-order valence-electron chi connectivity index (χ2n) is 7.14. The SMILES string of the molecule is Cc1ncc(C(=O)N(CCC(=O)N2CCNCC2)Cc2cccc(Cl)c2)cc1N. The van der Waals surface area contributed by atoms with Crippen LogP contribution in [0.1, 0.15) is 28.0 Å². The summed E-state index contributed by atoms with van der Waals surface area (Å²) < 4.78 is 0. The number of hydrogen-bond donors (Lipinski definition) is 2. The number of rotatable bonds is 6. The van der Waals surface area contributed by atoms with E-state index in [-0.39, 0.29) is 18.2 Å². The van der Waals surface area contributed by atoms with Crippen molar-refractivity contribution in [2.75, 3.05) is 38.5 Å². The Morgan fingerprint density at radius 2 is 2.03 bits per heavy atom. The first-order chi connectivity index (χ1) is 13.9. The molecule has 3 N–H and O–H groups in total. The van der Waals surface area contributed by atoms with Gasteiger partial charge in [0.05, 0.1) is 16.9 Å². The summed E-state index contributed by atoms with van der Waals surface area (Å²) in [5.74, 6) is -0.158. The molecule has 1 fully saturated rings. The zero-order valence-electron chi connectivity index (χ0n) is 16.5. The van der Waals surface area contributed by atoms with Crippen molar-refractivity contribution in [3.05, 3.63) is 58.4 Å². The van der Waals surface area contributed by atoms with Crippen molar-refractivity contribution in [1.29, 1.82) is 0 Å². The number of halogens is 1. The summed E-state index contributed by atoms with van der Waals surface area (Å²) in [6.07, 6.45) is 1.79. The molecule has 1 aromatic carbocycles. The maximum absolute atomic E-state index is 13.1. The monoisotopic (exact) mass is 415 g/mol. The number of amides is 2. The molecule has 0 bridgehead atoms. The van der Waals surface area contributed by atoms with Crippen LogP contribution in [0.25, 0.3) is 0 Å². The molecule has 0 spiro atoms. The predicted octanol–water partition coefficient (Wildman–Crippen LogP) is 2.09. The Labute approximate surface area is 175 Å². The van der Waals surface area contributed by atoms with Crippen molar-refractivity contribution in [2.45, 2.75) is 19.9 Å². The summed E-state index contributed by atoms with van der Waals surface area (Å²) in [6.45, 7) is 5.43. The molecule has 0 saturated carbocycles. The third kappa shape index (κ3) is 5.68. The fourth-order valence-corrected chi connectivity index (χ4v) is 3.47. The van der Waals surface area contributed by atoms with Crippen LogP contribution in [0.2, 0.25) is 5.02 Å². The van der Waals surface area contributed by atoms with Crippen LogP contribution in [-0.2, 0) is 11.3 Å². The Hall–Kier alpha value is -2.64. The summed E-state index contributed by atoms with van der Waals surface area (Å²) >= 11 is 6.10. The molecule has 0 aliphatic carbocycles. The summed E-state index contributed by atoms with van der Waals surface area (Å²) in [5, 5.41) is 3.84. The Bertz CT molecular complexity index is 883. The third-order valence-corrected chi connectivity index (χ3v) is 5.22. The molecule has 0 radical (unpaired) electrons. The number of carbonyl (C=O) groups excluding carboxylic acids is 2. The molecular formula is C21H26ClN5O2.